The van der Waals surface area contributed by atoms with Crippen LogP contribution in [0.1, 0.15) is 23.3 Å². The number of hydrogen-bond donors (Lipinski definition) is 2. The first-order valence-electron chi connectivity index (χ1n) is 7.19. The smallest absolute Gasteiger partial charge is 0.273 e. The summed E-state index contributed by atoms with van der Waals surface area (Å²) in [4.78, 5) is 16.0. The molecule has 0 spiro atoms. The number of carbonyl (C=O) groups is 1. The second kappa shape index (κ2) is 9.50. The molecule has 2 N–H and O–H groups in total. The van der Waals surface area contributed by atoms with Crippen molar-refractivity contribution < 1.29 is 9.32 Å². The van der Waals surface area contributed by atoms with Gasteiger partial charge in [-0.05, 0) is 44.0 Å². The van der Waals surface area contributed by atoms with Crippen LogP contribution in [0.15, 0.2) is 35.1 Å². The molecule has 1 amide bonds. The number of pyridine rings is 1. The summed E-state index contributed by atoms with van der Waals surface area (Å²) in [6.45, 7) is 2.79. The third kappa shape index (κ3) is 5.20. The number of amides is 1. The molecule has 3 heterocycles. The Labute approximate surface area is 147 Å². The molecule has 0 bridgehead atoms. The van der Waals surface area contributed by atoms with Crippen LogP contribution in [0, 0.1) is 5.92 Å². The van der Waals surface area contributed by atoms with Gasteiger partial charge in [-0.3, -0.25) is 9.78 Å². The van der Waals surface area contributed by atoms with Gasteiger partial charge < -0.3 is 15.2 Å². The van der Waals surface area contributed by atoms with E-state index in [-0.39, 0.29) is 30.7 Å². The maximum Gasteiger partial charge on any atom is 0.273 e. The van der Waals surface area contributed by atoms with Gasteiger partial charge in [-0.25, -0.2) is 0 Å². The summed E-state index contributed by atoms with van der Waals surface area (Å²) in [7, 11) is 0. The van der Waals surface area contributed by atoms with Gasteiger partial charge >= 0.3 is 0 Å². The van der Waals surface area contributed by atoms with Crippen molar-refractivity contribution in [3.63, 3.8) is 0 Å². The highest BCUT2D eigenvalue weighted by atomic mass is 35.5. The number of hydrogen-bond acceptors (Lipinski definition) is 5. The lowest BCUT2D eigenvalue weighted by Crippen LogP contribution is -2.26. The fraction of sp³-hybridized carbons (Fsp3) is 0.400. The van der Waals surface area contributed by atoms with Crippen LogP contribution in [0.5, 0.6) is 0 Å². The van der Waals surface area contributed by atoms with Crippen molar-refractivity contribution in [3.8, 4) is 11.3 Å². The molecular weight excluding hydrogens is 339 g/mol. The van der Waals surface area contributed by atoms with E-state index in [4.69, 9.17) is 4.52 Å². The molecule has 0 saturated carbocycles. The normalized spacial score (nSPS) is 16.3. The third-order valence-electron chi connectivity index (χ3n) is 3.69. The van der Waals surface area contributed by atoms with Crippen molar-refractivity contribution in [2.45, 2.75) is 12.8 Å². The highest BCUT2D eigenvalue weighted by Crippen LogP contribution is 2.18. The summed E-state index contributed by atoms with van der Waals surface area (Å²) in [6, 6.07) is 5.32. The molecule has 23 heavy (non-hydrogen) atoms. The Morgan fingerprint density at radius 1 is 1.43 bits per heavy atom. The predicted molar refractivity (Wildman–Crippen MR) is 92.2 cm³/mol. The average molecular weight is 359 g/mol. The van der Waals surface area contributed by atoms with Gasteiger partial charge in [0, 0.05) is 30.6 Å². The second-order valence-electron chi connectivity index (χ2n) is 5.22. The Morgan fingerprint density at radius 2 is 2.30 bits per heavy atom. The Balaban J connectivity index is 0.00000132. The molecular formula is C15H20Cl2N4O2. The van der Waals surface area contributed by atoms with Gasteiger partial charge in [-0.15, -0.1) is 24.8 Å². The number of nitrogens with zero attached hydrogens (tertiary/aromatic N) is 2. The van der Waals surface area contributed by atoms with Gasteiger partial charge in [0.05, 0.1) is 0 Å². The molecule has 1 aliphatic rings. The number of aromatic nitrogens is 2. The second-order valence-corrected chi connectivity index (χ2v) is 5.22. The molecule has 1 aliphatic heterocycles. The Kier molecular flexibility index (Phi) is 8.02. The molecule has 126 valence electrons. The molecule has 0 aromatic carbocycles. The zero-order chi connectivity index (χ0) is 14.5. The van der Waals surface area contributed by atoms with Gasteiger partial charge in [0.25, 0.3) is 5.91 Å². The van der Waals surface area contributed by atoms with E-state index in [1.165, 1.54) is 6.42 Å². The lowest BCUT2D eigenvalue weighted by Gasteiger charge is -2.07. The summed E-state index contributed by atoms with van der Waals surface area (Å²) in [5.41, 5.74) is 1.11. The maximum atomic E-state index is 12.0. The lowest BCUT2D eigenvalue weighted by molar-refractivity contribution is 0.0942. The summed E-state index contributed by atoms with van der Waals surface area (Å²) in [5.74, 6) is 1.02. The maximum absolute atomic E-state index is 12.0. The van der Waals surface area contributed by atoms with Crippen LogP contribution in [-0.2, 0) is 0 Å². The van der Waals surface area contributed by atoms with E-state index in [2.05, 4.69) is 20.8 Å². The van der Waals surface area contributed by atoms with E-state index in [0.29, 0.717) is 23.9 Å². The minimum atomic E-state index is -0.195. The average Bonchev–Trinajstić information content (AvgIpc) is 3.20. The fourth-order valence-electron chi connectivity index (χ4n) is 2.47. The minimum Gasteiger partial charge on any atom is -0.355 e. The molecule has 6 nitrogen and oxygen atoms in total. The van der Waals surface area contributed by atoms with Crippen molar-refractivity contribution >= 4 is 30.7 Å². The minimum absolute atomic E-state index is 0. The monoisotopic (exact) mass is 358 g/mol. The standard InChI is InChI=1S/C15H18N4O2.2ClH/c20-15(18-7-4-11-3-6-17-9-11)13-8-14(21-19-13)12-2-1-5-16-10-12;;/h1-2,5,8,10-11,17H,3-4,6-7,9H2,(H,18,20);2*1H. The van der Waals surface area contributed by atoms with E-state index < -0.39 is 0 Å². The van der Waals surface area contributed by atoms with E-state index in [1.807, 2.05) is 12.1 Å². The van der Waals surface area contributed by atoms with Crippen molar-refractivity contribution in [2.24, 2.45) is 5.92 Å². The first kappa shape index (κ1) is 19.4. The van der Waals surface area contributed by atoms with Crippen molar-refractivity contribution in [2.75, 3.05) is 19.6 Å². The molecule has 1 atom stereocenters. The zero-order valence-electron chi connectivity index (χ0n) is 12.5. The first-order valence-corrected chi connectivity index (χ1v) is 7.19. The van der Waals surface area contributed by atoms with Crippen LogP contribution >= 0.6 is 24.8 Å². The number of nitrogens with one attached hydrogen (secondary N) is 2. The fourth-order valence-corrected chi connectivity index (χ4v) is 2.47. The molecule has 2 aromatic rings. The van der Waals surface area contributed by atoms with E-state index in [0.717, 1.165) is 25.1 Å². The molecule has 3 rings (SSSR count). The first-order chi connectivity index (χ1) is 10.3. The van der Waals surface area contributed by atoms with Crippen LogP contribution in [0.2, 0.25) is 0 Å². The third-order valence-corrected chi connectivity index (χ3v) is 3.69. The van der Waals surface area contributed by atoms with E-state index in [9.17, 15) is 4.79 Å². The van der Waals surface area contributed by atoms with Crippen molar-refractivity contribution in [1.29, 1.82) is 0 Å². The van der Waals surface area contributed by atoms with Gasteiger partial charge in [-0.2, -0.15) is 0 Å². The van der Waals surface area contributed by atoms with Crippen LogP contribution in [-0.4, -0.2) is 35.7 Å². The van der Waals surface area contributed by atoms with Gasteiger partial charge in [0.1, 0.15) is 0 Å². The molecule has 0 aliphatic carbocycles. The van der Waals surface area contributed by atoms with Gasteiger partial charge in [0.15, 0.2) is 11.5 Å². The van der Waals surface area contributed by atoms with Crippen LogP contribution in [0.25, 0.3) is 11.3 Å². The van der Waals surface area contributed by atoms with Crippen LogP contribution < -0.4 is 10.6 Å². The molecule has 1 fully saturated rings. The number of carbonyl (C=O) groups excluding carboxylic acids is 1. The van der Waals surface area contributed by atoms with Crippen LogP contribution in [0.3, 0.4) is 0 Å². The predicted octanol–water partition coefficient (Wildman–Crippen LogP) is 2.31. The lowest BCUT2D eigenvalue weighted by atomic mass is 10.1. The topological polar surface area (TPSA) is 80.0 Å². The van der Waals surface area contributed by atoms with E-state index >= 15 is 0 Å². The zero-order valence-corrected chi connectivity index (χ0v) is 14.2. The molecule has 1 unspecified atom stereocenters. The highest BCUT2D eigenvalue weighted by molar-refractivity contribution is 5.93. The summed E-state index contributed by atoms with van der Waals surface area (Å²) < 4.78 is 5.19. The van der Waals surface area contributed by atoms with Gasteiger partial charge in [0.2, 0.25) is 0 Å². The Hall–Kier alpha value is -1.63. The number of halogens is 2. The Morgan fingerprint density at radius 3 is 3.00 bits per heavy atom. The summed E-state index contributed by atoms with van der Waals surface area (Å²) in [5, 5.41) is 10.0. The summed E-state index contributed by atoms with van der Waals surface area (Å²) >= 11 is 0. The number of rotatable bonds is 5. The Bertz CT molecular complexity index is 601. The summed E-state index contributed by atoms with van der Waals surface area (Å²) in [6.07, 6.45) is 5.54. The van der Waals surface area contributed by atoms with Gasteiger partial charge in [-0.1, -0.05) is 5.16 Å². The largest absolute Gasteiger partial charge is 0.355 e. The van der Waals surface area contributed by atoms with Crippen molar-refractivity contribution in [3.05, 3.63) is 36.3 Å². The van der Waals surface area contributed by atoms with Crippen LogP contribution in [0.4, 0.5) is 0 Å². The quantitative estimate of drug-likeness (QED) is 0.857. The molecule has 8 heteroatoms. The molecule has 1 saturated heterocycles. The SMILES string of the molecule is Cl.Cl.O=C(NCCC1CCNC1)c1cc(-c2cccnc2)on1. The molecule has 0 radical (unpaired) electrons. The van der Waals surface area contributed by atoms with E-state index in [1.54, 1.807) is 18.5 Å². The van der Waals surface area contributed by atoms with Crippen molar-refractivity contribution in [1.82, 2.24) is 20.8 Å². The molecule has 2 aromatic heterocycles. The highest BCUT2D eigenvalue weighted by Gasteiger charge is 2.16.